The minimum Gasteiger partial charge on any atom is -0.451 e. The van der Waals surface area contributed by atoms with Crippen molar-refractivity contribution in [3.8, 4) is 0 Å². The van der Waals surface area contributed by atoms with Gasteiger partial charge >= 0.3 is 5.97 Å². The molecule has 3 rings (SSSR count). The molecule has 3 aromatic rings. The molecular weight excluding hydrogens is 377 g/mol. The molecule has 0 saturated carbocycles. The van der Waals surface area contributed by atoms with Gasteiger partial charge in [-0.2, -0.15) is 0 Å². The fourth-order valence-corrected chi connectivity index (χ4v) is 3.93. The lowest BCUT2D eigenvalue weighted by atomic mass is 10.1. The Morgan fingerprint density at radius 1 is 1.19 bits per heavy atom. The molecule has 1 amide bonds. The first-order valence-electron chi connectivity index (χ1n) is 7.77. The van der Waals surface area contributed by atoms with E-state index in [9.17, 15) is 14.0 Å². The number of hydrogen-bond donors (Lipinski definition) is 1. The van der Waals surface area contributed by atoms with Gasteiger partial charge in [-0.25, -0.2) is 9.18 Å². The Labute approximate surface area is 158 Å². The first-order chi connectivity index (χ1) is 12.3. The van der Waals surface area contributed by atoms with Gasteiger partial charge in [0, 0.05) is 15.8 Å². The molecule has 4 nitrogen and oxygen atoms in total. The smallest absolute Gasteiger partial charge is 0.350 e. The highest BCUT2D eigenvalue weighted by atomic mass is 35.5. The standard InChI is InChI=1S/C19H15ClFNO3S/c1-10-3-6-14(11(2)7-10)22-16(23)9-25-19(24)18-17(20)13-5-4-12(21)8-15(13)26-18/h3-8H,9H2,1-2H3,(H,22,23). The van der Waals surface area contributed by atoms with Crippen LogP contribution in [0.15, 0.2) is 36.4 Å². The van der Waals surface area contributed by atoms with Gasteiger partial charge in [0.05, 0.1) is 5.02 Å². The van der Waals surface area contributed by atoms with Crippen molar-refractivity contribution in [3.63, 3.8) is 0 Å². The summed E-state index contributed by atoms with van der Waals surface area (Å²) in [6.07, 6.45) is 0. The van der Waals surface area contributed by atoms with E-state index in [1.165, 1.54) is 18.2 Å². The monoisotopic (exact) mass is 391 g/mol. The fourth-order valence-electron chi connectivity index (χ4n) is 2.51. The Hall–Kier alpha value is -2.44. The fraction of sp³-hybridized carbons (Fsp3) is 0.158. The summed E-state index contributed by atoms with van der Waals surface area (Å²) in [4.78, 5) is 24.4. The molecule has 0 aliphatic heterocycles. The second-order valence-electron chi connectivity index (χ2n) is 5.83. The van der Waals surface area contributed by atoms with Gasteiger partial charge in [-0.15, -0.1) is 11.3 Å². The molecule has 0 spiro atoms. The Bertz CT molecular complexity index is 1020. The summed E-state index contributed by atoms with van der Waals surface area (Å²) in [5, 5.41) is 3.47. The molecule has 1 heterocycles. The van der Waals surface area contributed by atoms with Crippen LogP contribution < -0.4 is 5.32 Å². The number of amides is 1. The van der Waals surface area contributed by atoms with Crippen LogP contribution in [0.2, 0.25) is 5.02 Å². The van der Waals surface area contributed by atoms with Crippen LogP contribution >= 0.6 is 22.9 Å². The minimum atomic E-state index is -0.715. The third kappa shape index (κ3) is 3.86. The quantitative estimate of drug-likeness (QED) is 0.629. The van der Waals surface area contributed by atoms with Crippen molar-refractivity contribution in [2.75, 3.05) is 11.9 Å². The van der Waals surface area contributed by atoms with E-state index in [0.29, 0.717) is 15.8 Å². The number of nitrogens with one attached hydrogen (secondary N) is 1. The second-order valence-corrected chi connectivity index (χ2v) is 7.26. The van der Waals surface area contributed by atoms with E-state index >= 15 is 0 Å². The molecule has 1 N–H and O–H groups in total. The number of fused-ring (bicyclic) bond motifs is 1. The number of ether oxygens (including phenoxy) is 1. The zero-order chi connectivity index (χ0) is 18.8. The number of benzene rings is 2. The largest absolute Gasteiger partial charge is 0.451 e. The normalized spacial score (nSPS) is 10.8. The highest BCUT2D eigenvalue weighted by Gasteiger charge is 2.20. The molecule has 0 radical (unpaired) electrons. The van der Waals surface area contributed by atoms with Crippen molar-refractivity contribution < 1.29 is 18.7 Å². The van der Waals surface area contributed by atoms with Crippen LogP contribution in [0.3, 0.4) is 0 Å². The predicted octanol–water partition coefficient (Wildman–Crippen LogP) is 5.11. The summed E-state index contributed by atoms with van der Waals surface area (Å²) in [7, 11) is 0. The Kier molecular flexibility index (Phi) is 5.25. The summed E-state index contributed by atoms with van der Waals surface area (Å²) in [5.74, 6) is -1.58. The summed E-state index contributed by atoms with van der Waals surface area (Å²) in [5.41, 5.74) is 2.66. The van der Waals surface area contributed by atoms with Crippen molar-refractivity contribution in [1.29, 1.82) is 0 Å². The third-order valence-corrected chi connectivity index (χ3v) is 5.40. The van der Waals surface area contributed by atoms with E-state index < -0.39 is 24.3 Å². The van der Waals surface area contributed by atoms with E-state index in [1.54, 1.807) is 6.07 Å². The highest BCUT2D eigenvalue weighted by molar-refractivity contribution is 7.21. The van der Waals surface area contributed by atoms with Crippen LogP contribution in [-0.2, 0) is 9.53 Å². The maximum absolute atomic E-state index is 13.3. The lowest BCUT2D eigenvalue weighted by Crippen LogP contribution is -2.21. The van der Waals surface area contributed by atoms with Crippen molar-refractivity contribution in [2.24, 2.45) is 0 Å². The summed E-state index contributed by atoms with van der Waals surface area (Å²) in [6.45, 7) is 3.40. The molecule has 1 aromatic heterocycles. The molecule has 26 heavy (non-hydrogen) atoms. The molecule has 134 valence electrons. The molecule has 0 aliphatic carbocycles. The second kappa shape index (κ2) is 7.43. The first-order valence-corrected chi connectivity index (χ1v) is 8.96. The van der Waals surface area contributed by atoms with Gasteiger partial charge in [-0.3, -0.25) is 4.79 Å². The van der Waals surface area contributed by atoms with Gasteiger partial charge in [-0.05, 0) is 43.7 Å². The van der Waals surface area contributed by atoms with E-state index in [1.807, 2.05) is 26.0 Å². The van der Waals surface area contributed by atoms with Crippen molar-refractivity contribution in [1.82, 2.24) is 0 Å². The van der Waals surface area contributed by atoms with Crippen molar-refractivity contribution in [3.05, 3.63) is 63.2 Å². The highest BCUT2D eigenvalue weighted by Crippen LogP contribution is 2.36. The first kappa shape index (κ1) is 18.4. The molecule has 0 atom stereocenters. The summed E-state index contributed by atoms with van der Waals surface area (Å²) < 4.78 is 18.9. The number of carbonyl (C=O) groups excluding carboxylic acids is 2. The molecule has 7 heteroatoms. The van der Waals surface area contributed by atoms with Gasteiger partial charge in [0.2, 0.25) is 0 Å². The van der Waals surface area contributed by atoms with E-state index in [0.717, 1.165) is 22.5 Å². The van der Waals surface area contributed by atoms with Gasteiger partial charge in [0.15, 0.2) is 6.61 Å². The number of rotatable bonds is 4. The van der Waals surface area contributed by atoms with Crippen molar-refractivity contribution in [2.45, 2.75) is 13.8 Å². The number of esters is 1. The average Bonchev–Trinajstić information content (AvgIpc) is 2.91. The van der Waals surface area contributed by atoms with Crippen LogP contribution in [0.4, 0.5) is 10.1 Å². The molecule has 0 unspecified atom stereocenters. The Morgan fingerprint density at radius 3 is 2.69 bits per heavy atom. The number of anilines is 1. The van der Waals surface area contributed by atoms with Crippen LogP contribution in [-0.4, -0.2) is 18.5 Å². The predicted molar refractivity (Wildman–Crippen MR) is 102 cm³/mol. The zero-order valence-electron chi connectivity index (χ0n) is 14.1. The topological polar surface area (TPSA) is 55.4 Å². The molecule has 0 fully saturated rings. The molecule has 2 aromatic carbocycles. The number of carbonyl (C=O) groups is 2. The van der Waals surface area contributed by atoms with Gasteiger partial charge in [0.25, 0.3) is 5.91 Å². The lowest BCUT2D eigenvalue weighted by molar-refractivity contribution is -0.119. The number of halogens is 2. The number of aryl methyl sites for hydroxylation is 2. The minimum absolute atomic E-state index is 0.145. The van der Waals surface area contributed by atoms with E-state index in [2.05, 4.69) is 5.32 Å². The van der Waals surface area contributed by atoms with Crippen LogP contribution in [0, 0.1) is 19.7 Å². The zero-order valence-corrected chi connectivity index (χ0v) is 15.6. The lowest BCUT2D eigenvalue weighted by Gasteiger charge is -2.09. The summed E-state index contributed by atoms with van der Waals surface area (Å²) in [6, 6.07) is 9.69. The number of hydrogen-bond acceptors (Lipinski definition) is 4. The summed E-state index contributed by atoms with van der Waals surface area (Å²) >= 11 is 7.20. The van der Waals surface area contributed by atoms with Gasteiger partial charge in [0.1, 0.15) is 10.7 Å². The third-order valence-electron chi connectivity index (χ3n) is 3.77. The Morgan fingerprint density at radius 2 is 1.96 bits per heavy atom. The maximum atomic E-state index is 13.3. The van der Waals surface area contributed by atoms with Crippen molar-refractivity contribution >= 4 is 50.6 Å². The molecule has 0 aliphatic rings. The van der Waals surface area contributed by atoms with Crippen LogP contribution in [0.25, 0.3) is 10.1 Å². The van der Waals surface area contributed by atoms with Gasteiger partial charge in [-0.1, -0.05) is 29.3 Å². The van der Waals surface area contributed by atoms with Crippen LogP contribution in [0.1, 0.15) is 20.8 Å². The number of thiophene rings is 1. The average molecular weight is 392 g/mol. The van der Waals surface area contributed by atoms with E-state index in [-0.39, 0.29) is 9.90 Å². The SMILES string of the molecule is Cc1ccc(NC(=O)COC(=O)c2sc3cc(F)ccc3c2Cl)c(C)c1. The van der Waals surface area contributed by atoms with Gasteiger partial charge < -0.3 is 10.1 Å². The van der Waals surface area contributed by atoms with Crippen LogP contribution in [0.5, 0.6) is 0 Å². The molecule has 0 saturated heterocycles. The molecule has 0 bridgehead atoms. The molecular formula is C19H15ClFNO3S. The Balaban J connectivity index is 1.67. The van der Waals surface area contributed by atoms with E-state index in [4.69, 9.17) is 16.3 Å². The maximum Gasteiger partial charge on any atom is 0.350 e.